The number of piperidine rings is 1. The number of hydrogen-bond donors (Lipinski definition) is 0. The molecule has 2 aliphatic heterocycles. The number of tetrazole rings is 1. The van der Waals surface area contributed by atoms with Crippen molar-refractivity contribution in [2.24, 2.45) is 0 Å². The summed E-state index contributed by atoms with van der Waals surface area (Å²) in [6.07, 6.45) is -8.96. The highest BCUT2D eigenvalue weighted by molar-refractivity contribution is 5.74. The molecule has 7 nitrogen and oxygen atoms in total. The molecule has 0 aliphatic carbocycles. The van der Waals surface area contributed by atoms with Crippen LogP contribution in [0.25, 0.3) is 0 Å². The molecular formula is C33H31F6N5O2. The highest BCUT2D eigenvalue weighted by Crippen LogP contribution is 2.57. The van der Waals surface area contributed by atoms with E-state index in [1.54, 1.807) is 0 Å². The van der Waals surface area contributed by atoms with E-state index in [1.165, 1.54) is 11.7 Å². The molecule has 3 aromatic carbocycles. The van der Waals surface area contributed by atoms with Gasteiger partial charge in [-0.2, -0.15) is 31.1 Å². The van der Waals surface area contributed by atoms with Crippen molar-refractivity contribution in [3.8, 4) is 0 Å². The van der Waals surface area contributed by atoms with Crippen molar-refractivity contribution in [1.82, 2.24) is 25.1 Å². The number of aromatic nitrogens is 4. The largest absolute Gasteiger partial charge is 0.416 e. The minimum Gasteiger partial charge on any atom is -0.371 e. The summed E-state index contributed by atoms with van der Waals surface area (Å²) in [5.41, 5.74) is -1.88. The lowest BCUT2D eigenvalue weighted by atomic mass is 9.78. The number of hydrogen-bond acceptors (Lipinski definition) is 6. The van der Waals surface area contributed by atoms with Gasteiger partial charge in [0.2, 0.25) is 0 Å². The van der Waals surface area contributed by atoms with Gasteiger partial charge in [0, 0.05) is 18.5 Å². The van der Waals surface area contributed by atoms with E-state index in [2.05, 4.69) is 20.3 Å². The van der Waals surface area contributed by atoms with Crippen LogP contribution >= 0.6 is 0 Å². The van der Waals surface area contributed by atoms with Crippen LogP contribution in [0.5, 0.6) is 0 Å². The average Bonchev–Trinajstić information content (AvgIpc) is 3.54. The van der Waals surface area contributed by atoms with Gasteiger partial charge < -0.3 is 4.74 Å². The summed E-state index contributed by atoms with van der Waals surface area (Å²) in [6.45, 7) is 1.46. The van der Waals surface area contributed by atoms with Crippen molar-refractivity contribution < 1.29 is 35.9 Å². The fourth-order valence-electron chi connectivity index (χ4n) is 7.02. The van der Waals surface area contributed by atoms with Crippen LogP contribution in [-0.2, 0) is 47.1 Å². The number of ether oxygens (including phenoxy) is 1. The smallest absolute Gasteiger partial charge is 0.371 e. The lowest BCUT2D eigenvalue weighted by molar-refractivity contribution is -0.143. The van der Waals surface area contributed by atoms with E-state index < -0.39 is 41.7 Å². The highest BCUT2D eigenvalue weighted by Gasteiger charge is 2.61. The van der Waals surface area contributed by atoms with Crippen LogP contribution in [0, 0.1) is 0 Å². The summed E-state index contributed by atoms with van der Waals surface area (Å²) in [4.78, 5) is 15.3. The first-order chi connectivity index (χ1) is 21.8. The quantitative estimate of drug-likeness (QED) is 0.184. The summed E-state index contributed by atoms with van der Waals surface area (Å²) in [5, 5.41) is 12.9. The van der Waals surface area contributed by atoms with Crippen LogP contribution in [0.3, 0.4) is 0 Å². The molecule has 6 rings (SSSR count). The predicted octanol–water partition coefficient (Wildman–Crippen LogP) is 6.93. The molecule has 242 valence electrons. The second kappa shape index (κ2) is 12.3. The van der Waals surface area contributed by atoms with Gasteiger partial charge >= 0.3 is 12.4 Å². The molecule has 4 aromatic rings. The Morgan fingerprint density at radius 2 is 1.52 bits per heavy atom. The Labute approximate surface area is 261 Å². The Balaban J connectivity index is 1.41. The average molecular weight is 644 g/mol. The van der Waals surface area contributed by atoms with Crippen LogP contribution in [0.4, 0.5) is 26.3 Å². The Bertz CT molecular complexity index is 1650. The number of rotatable bonds is 9. The summed E-state index contributed by atoms with van der Waals surface area (Å²) in [5.74, 6) is 0.108. The van der Waals surface area contributed by atoms with E-state index in [-0.39, 0.29) is 35.9 Å². The zero-order chi connectivity index (χ0) is 32.7. The molecule has 46 heavy (non-hydrogen) atoms. The number of alkyl halides is 6. The van der Waals surface area contributed by atoms with Crippen molar-refractivity contribution in [2.45, 2.75) is 81.8 Å². The fraction of sp³-hybridized carbons (Fsp3) is 0.394. The molecule has 0 spiro atoms. The second-order valence-electron chi connectivity index (χ2n) is 12.0. The number of carbonyl (C=O) groups is 1. The molecule has 2 saturated heterocycles. The van der Waals surface area contributed by atoms with Crippen LogP contribution in [0.1, 0.15) is 65.7 Å². The van der Waals surface area contributed by atoms with Gasteiger partial charge in [-0.05, 0) is 66.3 Å². The fourth-order valence-corrected chi connectivity index (χ4v) is 7.02. The van der Waals surface area contributed by atoms with Crippen molar-refractivity contribution >= 4 is 5.78 Å². The number of benzene rings is 3. The molecule has 2 aliphatic rings. The third kappa shape index (κ3) is 6.30. The van der Waals surface area contributed by atoms with E-state index in [9.17, 15) is 31.1 Å². The third-order valence-electron chi connectivity index (χ3n) is 8.90. The van der Waals surface area contributed by atoms with Gasteiger partial charge in [0.1, 0.15) is 6.54 Å². The van der Waals surface area contributed by atoms with Crippen molar-refractivity contribution in [2.75, 3.05) is 0 Å². The summed E-state index contributed by atoms with van der Waals surface area (Å²) in [7, 11) is 0. The van der Waals surface area contributed by atoms with Gasteiger partial charge in [-0.15, -0.1) is 10.2 Å². The normalized spacial score (nSPS) is 23.5. The predicted molar refractivity (Wildman–Crippen MR) is 154 cm³/mol. The maximum absolute atomic E-state index is 13.6. The second-order valence-corrected chi connectivity index (χ2v) is 12.0. The minimum atomic E-state index is -4.96. The van der Waals surface area contributed by atoms with E-state index in [4.69, 9.17) is 4.74 Å². The monoisotopic (exact) mass is 643 g/mol. The first kappa shape index (κ1) is 31.9. The van der Waals surface area contributed by atoms with Gasteiger partial charge in [-0.25, -0.2) is 0 Å². The minimum absolute atomic E-state index is 0.0232. The molecule has 0 saturated carbocycles. The van der Waals surface area contributed by atoms with Gasteiger partial charge in [-0.1, -0.05) is 60.7 Å². The van der Waals surface area contributed by atoms with Crippen LogP contribution < -0.4 is 0 Å². The van der Waals surface area contributed by atoms with E-state index >= 15 is 0 Å². The van der Waals surface area contributed by atoms with Gasteiger partial charge in [0.05, 0.1) is 29.4 Å². The number of Topliss-reactive ketones (excluding diaryl/α,β-unsaturated/α-hetero) is 1. The van der Waals surface area contributed by atoms with Crippen molar-refractivity contribution in [1.29, 1.82) is 0 Å². The number of ketones is 1. The lowest BCUT2D eigenvalue weighted by Gasteiger charge is -2.50. The zero-order valence-corrected chi connectivity index (χ0v) is 24.8. The molecule has 0 radical (unpaired) electrons. The van der Waals surface area contributed by atoms with Crippen molar-refractivity contribution in [3.05, 3.63) is 113 Å². The standard InChI is InChI=1S/C33H31F6N5O2/c1-21(45)18-44-41-30(40-42-44)27-17-31(24-10-6-3-7-11-24)29(13-12-28(27)43(31)19-22-8-4-2-5-9-22)46-20-23-14-25(32(34,35)36)16-26(15-23)33(37,38)39/h2-11,14-16,27-29H,12-13,17-20H2,1H3. The number of carbonyl (C=O) groups excluding carboxylic acids is 1. The molecule has 2 bridgehead atoms. The Kier molecular flexibility index (Phi) is 8.49. The molecular weight excluding hydrogens is 612 g/mol. The molecule has 0 amide bonds. The van der Waals surface area contributed by atoms with E-state index in [1.807, 2.05) is 60.7 Å². The molecule has 2 fully saturated rings. The summed E-state index contributed by atoms with van der Waals surface area (Å²) < 4.78 is 88.1. The topological polar surface area (TPSA) is 73.1 Å². The SMILES string of the molecule is CC(=O)Cn1nnc(C2CC3(c4ccccc4)C(OCc4cc(C(F)(F)F)cc(C(F)(F)F)c4)CCC2N3Cc2ccccc2)n1. The van der Waals surface area contributed by atoms with Crippen LogP contribution in [0.15, 0.2) is 78.9 Å². The highest BCUT2D eigenvalue weighted by atomic mass is 19.4. The molecule has 0 N–H and O–H groups in total. The Morgan fingerprint density at radius 1 is 0.891 bits per heavy atom. The van der Waals surface area contributed by atoms with Gasteiger partial charge in [0.25, 0.3) is 0 Å². The van der Waals surface area contributed by atoms with Crippen LogP contribution in [-0.4, -0.2) is 43.0 Å². The molecule has 1 aromatic heterocycles. The Hall–Kier alpha value is -4.10. The molecule has 3 heterocycles. The lowest BCUT2D eigenvalue weighted by Crippen LogP contribution is -2.56. The number of nitrogens with zero attached hydrogens (tertiary/aromatic N) is 5. The molecule has 4 atom stereocenters. The van der Waals surface area contributed by atoms with Crippen molar-refractivity contribution in [3.63, 3.8) is 0 Å². The third-order valence-corrected chi connectivity index (χ3v) is 8.90. The van der Waals surface area contributed by atoms with Gasteiger partial charge in [0.15, 0.2) is 11.6 Å². The first-order valence-corrected chi connectivity index (χ1v) is 14.9. The van der Waals surface area contributed by atoms with Gasteiger partial charge in [-0.3, -0.25) is 9.69 Å². The summed E-state index contributed by atoms with van der Waals surface area (Å²) >= 11 is 0. The first-order valence-electron chi connectivity index (χ1n) is 14.9. The maximum Gasteiger partial charge on any atom is 0.416 e. The molecule has 13 heteroatoms. The molecule has 4 unspecified atom stereocenters. The number of halogens is 6. The maximum atomic E-state index is 13.6. The van der Waals surface area contributed by atoms with E-state index in [0.29, 0.717) is 43.8 Å². The van der Waals surface area contributed by atoms with Crippen LogP contribution in [0.2, 0.25) is 0 Å². The number of fused-ring (bicyclic) bond motifs is 2. The zero-order valence-electron chi connectivity index (χ0n) is 24.8. The summed E-state index contributed by atoms with van der Waals surface area (Å²) in [6, 6.07) is 20.8. The van der Waals surface area contributed by atoms with E-state index in [0.717, 1.165) is 11.1 Å². The Morgan fingerprint density at radius 3 is 2.13 bits per heavy atom.